The summed E-state index contributed by atoms with van der Waals surface area (Å²) < 4.78 is 12.2. The average molecular weight is 680 g/mol. The Bertz CT molecular complexity index is 1780. The second-order valence-corrected chi connectivity index (χ2v) is 11.7. The number of halogens is 3. The van der Waals surface area contributed by atoms with Crippen molar-refractivity contribution in [3.63, 3.8) is 0 Å². The third kappa shape index (κ3) is 7.74. The first kappa shape index (κ1) is 33.1. The van der Waals surface area contributed by atoms with Gasteiger partial charge in [0.2, 0.25) is 5.90 Å². The Balaban J connectivity index is 1.58. The number of azide groups is 1. The number of nitrogens with one attached hydrogen (secondary N) is 2. The second-order valence-electron chi connectivity index (χ2n) is 10.4. The Hall–Kier alpha value is -4.28. The van der Waals surface area contributed by atoms with Crippen LogP contribution in [-0.2, 0) is 22.5 Å². The molecule has 0 bridgehead atoms. The lowest BCUT2D eigenvalue weighted by Crippen LogP contribution is -2.53. The van der Waals surface area contributed by atoms with Crippen LogP contribution in [0.25, 0.3) is 10.4 Å². The van der Waals surface area contributed by atoms with Crippen LogP contribution in [0.4, 0.5) is 5.69 Å². The normalized spacial score (nSPS) is 17.0. The van der Waals surface area contributed by atoms with Gasteiger partial charge in [-0.05, 0) is 65.2 Å². The monoisotopic (exact) mass is 678 g/mol. The van der Waals surface area contributed by atoms with Gasteiger partial charge in [-0.3, -0.25) is 10.2 Å². The molecule has 0 fully saturated rings. The molecule has 3 N–H and O–H groups in total. The molecule has 10 nitrogen and oxygen atoms in total. The largest absolute Gasteiger partial charge is 0.494 e. The molecule has 0 aromatic heterocycles. The maximum absolute atomic E-state index is 14.4. The van der Waals surface area contributed by atoms with E-state index in [0.29, 0.717) is 51.2 Å². The van der Waals surface area contributed by atoms with Crippen LogP contribution in [0.2, 0.25) is 15.1 Å². The van der Waals surface area contributed by atoms with Gasteiger partial charge >= 0.3 is 0 Å². The molecule has 5 rings (SSSR count). The van der Waals surface area contributed by atoms with E-state index in [1.165, 1.54) is 0 Å². The number of carbonyl (C=O) groups is 1. The van der Waals surface area contributed by atoms with Gasteiger partial charge in [0.25, 0.3) is 5.91 Å². The smallest absolute Gasteiger partial charge is 0.266 e. The van der Waals surface area contributed by atoms with Gasteiger partial charge in [-0.1, -0.05) is 82.4 Å². The number of carbonyl (C=O) groups excluding carboxylic acids is 1. The minimum absolute atomic E-state index is 0.0116. The van der Waals surface area contributed by atoms with E-state index in [0.717, 1.165) is 5.56 Å². The summed E-state index contributed by atoms with van der Waals surface area (Å²) in [6.45, 7) is 0.665. The van der Waals surface area contributed by atoms with Gasteiger partial charge in [-0.15, -0.1) is 0 Å². The number of hydrogen-bond donors (Lipinski definition) is 3. The van der Waals surface area contributed by atoms with E-state index in [9.17, 15) is 10.3 Å². The van der Waals surface area contributed by atoms with E-state index in [-0.39, 0.29) is 30.5 Å². The molecule has 4 aromatic carbocycles. The average Bonchev–Trinajstić information content (AvgIpc) is 3.42. The zero-order valence-corrected chi connectivity index (χ0v) is 26.6. The van der Waals surface area contributed by atoms with Gasteiger partial charge in [0, 0.05) is 62.8 Å². The van der Waals surface area contributed by atoms with Crippen molar-refractivity contribution in [1.29, 1.82) is 0 Å². The van der Waals surface area contributed by atoms with Crippen LogP contribution in [-0.4, -0.2) is 35.7 Å². The zero-order chi connectivity index (χ0) is 32.5. The van der Waals surface area contributed by atoms with Gasteiger partial charge in [-0.2, -0.15) is 0 Å². The first-order valence-corrected chi connectivity index (χ1v) is 15.4. The minimum Gasteiger partial charge on any atom is -0.494 e. The quantitative estimate of drug-likeness (QED) is 0.0437. The molecular formula is C33H29Cl3N6O4. The third-order valence-electron chi connectivity index (χ3n) is 7.26. The van der Waals surface area contributed by atoms with Crippen LogP contribution in [0.3, 0.4) is 0 Å². The van der Waals surface area contributed by atoms with Crippen molar-refractivity contribution in [3.05, 3.63) is 139 Å². The van der Waals surface area contributed by atoms with Gasteiger partial charge in [0.05, 0.1) is 6.61 Å². The number of hydrazine groups is 1. The van der Waals surface area contributed by atoms with Crippen molar-refractivity contribution in [1.82, 2.24) is 10.9 Å². The van der Waals surface area contributed by atoms with Crippen molar-refractivity contribution in [2.45, 2.75) is 31.0 Å². The zero-order valence-electron chi connectivity index (χ0n) is 24.4. The van der Waals surface area contributed by atoms with Gasteiger partial charge in [0.1, 0.15) is 5.75 Å². The van der Waals surface area contributed by atoms with Gasteiger partial charge < -0.3 is 14.6 Å². The van der Waals surface area contributed by atoms with Crippen LogP contribution in [0.5, 0.6) is 5.75 Å². The lowest BCUT2D eigenvalue weighted by molar-refractivity contribution is -0.130. The summed E-state index contributed by atoms with van der Waals surface area (Å²) in [6.07, 6.45) is -0.524. The fourth-order valence-corrected chi connectivity index (χ4v) is 5.77. The maximum atomic E-state index is 14.4. The molecule has 0 saturated heterocycles. The fourth-order valence-electron chi connectivity index (χ4n) is 5.05. The van der Waals surface area contributed by atoms with Gasteiger partial charge in [0.15, 0.2) is 11.6 Å². The Morgan fingerprint density at radius 3 is 2.54 bits per heavy atom. The van der Waals surface area contributed by atoms with E-state index in [4.69, 9.17) is 54.4 Å². The van der Waals surface area contributed by atoms with E-state index in [2.05, 4.69) is 20.9 Å². The summed E-state index contributed by atoms with van der Waals surface area (Å²) in [7, 11) is 0. The molecule has 236 valence electrons. The summed E-state index contributed by atoms with van der Waals surface area (Å²) in [4.78, 5) is 22.4. The molecule has 0 saturated carbocycles. The summed E-state index contributed by atoms with van der Waals surface area (Å²) in [5, 5.41) is 14.2. The number of nitrogens with zero attached hydrogens (tertiary/aromatic N) is 4. The highest BCUT2D eigenvalue weighted by Crippen LogP contribution is 2.46. The van der Waals surface area contributed by atoms with Crippen LogP contribution >= 0.6 is 34.8 Å². The maximum Gasteiger partial charge on any atom is 0.266 e. The van der Waals surface area contributed by atoms with Crippen LogP contribution < -0.4 is 15.6 Å². The van der Waals surface area contributed by atoms with Crippen molar-refractivity contribution in [2.75, 3.05) is 13.2 Å². The van der Waals surface area contributed by atoms with E-state index >= 15 is 0 Å². The Morgan fingerprint density at radius 1 is 1.02 bits per heavy atom. The number of hydrogen-bond acceptors (Lipinski definition) is 7. The molecule has 4 aromatic rings. The molecule has 0 radical (unpaired) electrons. The summed E-state index contributed by atoms with van der Waals surface area (Å²) >= 11 is 19.1. The highest BCUT2D eigenvalue weighted by atomic mass is 35.5. The highest BCUT2D eigenvalue weighted by molar-refractivity contribution is 6.35. The van der Waals surface area contributed by atoms with Crippen molar-refractivity contribution in [3.8, 4) is 5.75 Å². The Labute approximate surface area is 280 Å². The number of aliphatic hydroxyl groups excluding tert-OH is 1. The number of aliphatic hydroxyl groups is 1. The highest BCUT2D eigenvalue weighted by Gasteiger charge is 2.54. The van der Waals surface area contributed by atoms with E-state index in [1.54, 1.807) is 78.9 Å². The summed E-state index contributed by atoms with van der Waals surface area (Å²) in [5.74, 6) is 0.287. The Kier molecular flexibility index (Phi) is 11.0. The molecule has 46 heavy (non-hydrogen) atoms. The molecule has 0 unspecified atom stereocenters. The van der Waals surface area contributed by atoms with Crippen molar-refractivity contribution >= 4 is 52.3 Å². The predicted octanol–water partition coefficient (Wildman–Crippen LogP) is 7.67. The molecule has 2 atom stereocenters. The summed E-state index contributed by atoms with van der Waals surface area (Å²) in [5.41, 5.74) is 16.3. The lowest BCUT2D eigenvalue weighted by atomic mass is 9.81. The number of amides is 1. The first-order chi connectivity index (χ1) is 22.3. The topological polar surface area (TPSA) is 141 Å². The molecule has 1 aliphatic heterocycles. The number of aliphatic imine (C=N–C) groups is 1. The molecular weight excluding hydrogens is 651 g/mol. The van der Waals surface area contributed by atoms with Crippen LogP contribution in [0.1, 0.15) is 34.8 Å². The number of benzene rings is 4. The van der Waals surface area contributed by atoms with Crippen molar-refractivity contribution < 1.29 is 19.4 Å². The molecule has 0 spiro atoms. The van der Waals surface area contributed by atoms with E-state index < -0.39 is 17.6 Å². The second kappa shape index (κ2) is 15.3. The van der Waals surface area contributed by atoms with Crippen LogP contribution in [0.15, 0.2) is 101 Å². The predicted molar refractivity (Wildman–Crippen MR) is 179 cm³/mol. The number of ether oxygens (including phenoxy) is 2. The fraction of sp³-hybridized carbons (Fsp3) is 0.212. The molecule has 0 aliphatic carbocycles. The Morgan fingerprint density at radius 2 is 1.80 bits per heavy atom. The molecule has 1 amide bonds. The third-order valence-corrected chi connectivity index (χ3v) is 8.06. The van der Waals surface area contributed by atoms with Crippen LogP contribution in [0, 0.1) is 0 Å². The van der Waals surface area contributed by atoms with E-state index in [1.807, 2.05) is 12.1 Å². The first-order valence-electron chi connectivity index (χ1n) is 14.3. The minimum atomic E-state index is -1.63. The molecule has 13 heteroatoms. The molecule has 1 heterocycles. The number of rotatable bonds is 13. The summed E-state index contributed by atoms with van der Waals surface area (Å²) in [6, 6.07) is 26.2. The van der Waals surface area contributed by atoms with Crippen molar-refractivity contribution in [2.24, 2.45) is 10.1 Å². The molecule has 1 aliphatic rings. The standard InChI is InChI=1S/C33H29Cl3N6O4/c34-24-7-3-5-21(17-24)20-38-41-32(44)33(19-23-6-1-2-8-29(23)40-42-37)30(27-14-11-25(35)18-28(27)36)46-31(39-33)22-9-12-26(13-10-22)45-16-4-15-43/h1-3,5-14,17-18,30,38,43H,4,15-16,19-20H2,(H,41,44)/t30-,33-/m0/s1. The van der Waals surface area contributed by atoms with Gasteiger partial charge in [-0.25, -0.2) is 10.4 Å². The SMILES string of the molecule is [N-]=[N+]=Nc1ccccc1C[C@]1(C(=O)NNCc2cccc(Cl)c2)N=C(c2ccc(OCCCO)cc2)O[C@H]1c1ccc(Cl)cc1Cl. The lowest BCUT2D eigenvalue weighted by Gasteiger charge is -2.31.